The third kappa shape index (κ3) is 3.97. The van der Waals surface area contributed by atoms with Gasteiger partial charge in [-0.3, -0.25) is 14.9 Å². The lowest BCUT2D eigenvalue weighted by atomic mass is 10.1. The third-order valence-corrected chi connectivity index (χ3v) is 6.08. The monoisotopic (exact) mass is 387 g/mol. The summed E-state index contributed by atoms with van der Waals surface area (Å²) in [6.07, 6.45) is 0.206. The second-order valence-corrected chi connectivity index (χ2v) is 7.64. The summed E-state index contributed by atoms with van der Waals surface area (Å²) < 4.78 is 0. The smallest absolute Gasteiger partial charge is 0.269 e. The summed E-state index contributed by atoms with van der Waals surface area (Å²) in [6.45, 7) is 1.86. The summed E-state index contributed by atoms with van der Waals surface area (Å²) in [5.74, 6) is -0.0768. The first kappa shape index (κ1) is 18.2. The quantitative estimate of drug-likeness (QED) is 0.459. The van der Waals surface area contributed by atoms with Gasteiger partial charge in [0.25, 0.3) is 5.69 Å². The van der Waals surface area contributed by atoms with E-state index in [4.69, 9.17) is 0 Å². The summed E-state index contributed by atoms with van der Waals surface area (Å²) in [7, 11) is 1.71. The molecule has 2 heterocycles. The Balaban J connectivity index is 1.69. The maximum atomic E-state index is 12.6. The topological polar surface area (TPSA) is 76.3 Å². The number of non-ortho nitro benzene ring substituents is 1. The van der Waals surface area contributed by atoms with Crippen molar-refractivity contribution >= 4 is 34.3 Å². The van der Waals surface area contributed by atoms with Gasteiger partial charge in [0.2, 0.25) is 5.91 Å². The van der Waals surface area contributed by atoms with E-state index in [0.717, 1.165) is 21.1 Å². The highest BCUT2D eigenvalue weighted by atomic mass is 32.1. The van der Waals surface area contributed by atoms with Crippen molar-refractivity contribution in [3.63, 3.8) is 0 Å². The van der Waals surface area contributed by atoms with Gasteiger partial charge < -0.3 is 4.90 Å². The highest BCUT2D eigenvalue weighted by molar-refractivity contribution is 7.20. The molecule has 0 unspecified atom stereocenters. The van der Waals surface area contributed by atoms with Crippen LogP contribution in [0.4, 0.5) is 5.69 Å². The Bertz CT molecular complexity index is 921. The predicted octanol–water partition coefficient (Wildman–Crippen LogP) is 4.54. The van der Waals surface area contributed by atoms with Crippen LogP contribution in [0.1, 0.15) is 24.2 Å². The molecule has 0 spiro atoms. The number of carbonyl (C=O) groups excluding carboxylic acids is 1. The molecule has 6 nitrogen and oxygen atoms in total. The summed E-state index contributed by atoms with van der Waals surface area (Å²) in [6, 6.07) is 10.1. The number of thiophene rings is 1. The van der Waals surface area contributed by atoms with Crippen LogP contribution in [0.2, 0.25) is 0 Å². The Morgan fingerprint density at radius 1 is 1.31 bits per heavy atom. The van der Waals surface area contributed by atoms with Gasteiger partial charge in [0.05, 0.1) is 28.0 Å². The molecule has 0 aliphatic heterocycles. The van der Waals surface area contributed by atoms with Crippen molar-refractivity contribution in [2.24, 2.45) is 0 Å². The number of hydrogen-bond acceptors (Lipinski definition) is 6. The fourth-order valence-corrected chi connectivity index (χ4v) is 4.15. The number of nitro groups is 1. The van der Waals surface area contributed by atoms with E-state index < -0.39 is 4.92 Å². The fraction of sp³-hybridized carbons (Fsp3) is 0.222. The molecular formula is C18H17N3O3S2. The van der Waals surface area contributed by atoms with Gasteiger partial charge in [0, 0.05) is 24.6 Å². The molecule has 1 atom stereocenters. The molecule has 26 heavy (non-hydrogen) atoms. The molecule has 8 heteroatoms. The minimum Gasteiger partial charge on any atom is -0.339 e. The molecule has 0 aliphatic carbocycles. The average Bonchev–Trinajstić information content (AvgIpc) is 3.32. The first-order chi connectivity index (χ1) is 12.5. The Morgan fingerprint density at radius 2 is 2.12 bits per heavy atom. The minimum absolute atomic E-state index is 0.0234. The number of rotatable bonds is 6. The van der Waals surface area contributed by atoms with E-state index in [-0.39, 0.29) is 24.1 Å². The van der Waals surface area contributed by atoms with Crippen molar-refractivity contribution < 1.29 is 9.72 Å². The van der Waals surface area contributed by atoms with Crippen LogP contribution in [0, 0.1) is 10.1 Å². The van der Waals surface area contributed by atoms with Crippen molar-refractivity contribution in [3.05, 3.63) is 68.5 Å². The number of nitro benzene ring substituents is 1. The number of hydrogen-bond donors (Lipinski definition) is 0. The molecule has 0 fully saturated rings. The Hall–Kier alpha value is -2.58. The second-order valence-electron chi connectivity index (χ2n) is 5.83. The highest BCUT2D eigenvalue weighted by Crippen LogP contribution is 2.28. The van der Waals surface area contributed by atoms with Crippen molar-refractivity contribution in [1.82, 2.24) is 9.88 Å². The predicted molar refractivity (Wildman–Crippen MR) is 103 cm³/mol. The summed E-state index contributed by atoms with van der Waals surface area (Å²) in [4.78, 5) is 30.3. The van der Waals surface area contributed by atoms with E-state index in [1.807, 2.05) is 29.8 Å². The number of aromatic nitrogens is 1. The number of nitrogens with zero attached hydrogens (tertiary/aromatic N) is 3. The van der Waals surface area contributed by atoms with Crippen LogP contribution in [-0.4, -0.2) is 27.8 Å². The van der Waals surface area contributed by atoms with Crippen LogP contribution < -0.4 is 0 Å². The van der Waals surface area contributed by atoms with Gasteiger partial charge in [-0.05, 0) is 23.9 Å². The first-order valence-electron chi connectivity index (χ1n) is 7.94. The molecule has 3 rings (SSSR count). The van der Waals surface area contributed by atoms with E-state index in [0.29, 0.717) is 0 Å². The number of benzene rings is 1. The molecule has 0 N–H and O–H groups in total. The largest absolute Gasteiger partial charge is 0.339 e. The maximum Gasteiger partial charge on any atom is 0.269 e. The van der Waals surface area contributed by atoms with E-state index >= 15 is 0 Å². The standard InChI is InChI=1S/C18H17N3O3S2/c1-12(13-5-3-6-15(9-13)21(23)24)20(2)17(22)10-14-11-26-18(19-14)16-7-4-8-25-16/h3-9,11-12H,10H2,1-2H3/t12-/m1/s1. The minimum atomic E-state index is -0.431. The highest BCUT2D eigenvalue weighted by Gasteiger charge is 2.20. The molecule has 0 saturated carbocycles. The van der Waals surface area contributed by atoms with Gasteiger partial charge in [0.15, 0.2) is 0 Å². The number of thiazole rings is 1. The van der Waals surface area contributed by atoms with Crippen molar-refractivity contribution in [2.75, 3.05) is 7.05 Å². The summed E-state index contributed by atoms with van der Waals surface area (Å²) >= 11 is 3.14. The lowest BCUT2D eigenvalue weighted by molar-refractivity contribution is -0.384. The zero-order valence-electron chi connectivity index (χ0n) is 14.3. The molecule has 2 aromatic heterocycles. The summed E-state index contributed by atoms with van der Waals surface area (Å²) in [5, 5.41) is 15.8. The lowest BCUT2D eigenvalue weighted by Crippen LogP contribution is -2.31. The van der Waals surface area contributed by atoms with Gasteiger partial charge in [-0.2, -0.15) is 0 Å². The van der Waals surface area contributed by atoms with Crippen molar-refractivity contribution in [2.45, 2.75) is 19.4 Å². The molecule has 0 bridgehead atoms. The van der Waals surface area contributed by atoms with Crippen LogP contribution in [0.25, 0.3) is 9.88 Å². The molecule has 1 amide bonds. The van der Waals surface area contributed by atoms with Gasteiger partial charge in [0.1, 0.15) is 5.01 Å². The third-order valence-electron chi connectivity index (χ3n) is 4.15. The van der Waals surface area contributed by atoms with Crippen LogP contribution in [0.3, 0.4) is 0 Å². The van der Waals surface area contributed by atoms with Crippen LogP contribution in [0.5, 0.6) is 0 Å². The zero-order valence-corrected chi connectivity index (χ0v) is 15.9. The molecule has 1 aromatic carbocycles. The molecule has 134 valence electrons. The van der Waals surface area contributed by atoms with Crippen LogP contribution >= 0.6 is 22.7 Å². The Morgan fingerprint density at radius 3 is 2.81 bits per heavy atom. The van der Waals surface area contributed by atoms with Crippen molar-refractivity contribution in [3.8, 4) is 9.88 Å². The molecule has 0 radical (unpaired) electrons. The van der Waals surface area contributed by atoms with E-state index in [1.54, 1.807) is 35.4 Å². The molecular weight excluding hydrogens is 370 g/mol. The van der Waals surface area contributed by atoms with E-state index in [9.17, 15) is 14.9 Å². The Labute approximate surface area is 158 Å². The SMILES string of the molecule is C[C@H](c1cccc([N+](=O)[O-])c1)N(C)C(=O)Cc1csc(-c2cccs2)n1. The first-order valence-corrected chi connectivity index (χ1v) is 9.70. The average molecular weight is 387 g/mol. The molecule has 0 aliphatic rings. The molecule has 3 aromatic rings. The van der Waals surface area contributed by atoms with Gasteiger partial charge in [-0.25, -0.2) is 4.98 Å². The van der Waals surface area contributed by atoms with Crippen LogP contribution in [0.15, 0.2) is 47.2 Å². The molecule has 0 saturated heterocycles. The Kier molecular flexibility index (Phi) is 5.43. The van der Waals surface area contributed by atoms with Gasteiger partial charge >= 0.3 is 0 Å². The number of carbonyl (C=O) groups is 1. The number of likely N-dealkylation sites (N-methyl/N-ethyl adjacent to an activating group) is 1. The number of amides is 1. The van der Waals surface area contributed by atoms with Gasteiger partial charge in [-0.15, -0.1) is 22.7 Å². The van der Waals surface area contributed by atoms with Gasteiger partial charge in [-0.1, -0.05) is 18.2 Å². The normalized spacial score (nSPS) is 11.9. The second kappa shape index (κ2) is 7.76. The maximum absolute atomic E-state index is 12.6. The summed E-state index contributed by atoms with van der Waals surface area (Å²) in [5.41, 5.74) is 1.49. The van der Waals surface area contributed by atoms with E-state index in [2.05, 4.69) is 4.98 Å². The van der Waals surface area contributed by atoms with Crippen LogP contribution in [-0.2, 0) is 11.2 Å². The fourth-order valence-electron chi connectivity index (χ4n) is 2.52. The zero-order chi connectivity index (χ0) is 18.7. The van der Waals surface area contributed by atoms with E-state index in [1.165, 1.54) is 23.5 Å². The lowest BCUT2D eigenvalue weighted by Gasteiger charge is -2.25. The van der Waals surface area contributed by atoms with Crippen molar-refractivity contribution in [1.29, 1.82) is 0 Å².